The van der Waals surface area contributed by atoms with Gasteiger partial charge in [0, 0.05) is 18.7 Å². The molecule has 0 spiro atoms. The number of amides is 1. The molecule has 6 heteroatoms. The molecule has 6 nitrogen and oxygen atoms in total. The third-order valence-electron chi connectivity index (χ3n) is 2.13. The van der Waals surface area contributed by atoms with E-state index >= 15 is 0 Å². The molecule has 16 heavy (non-hydrogen) atoms. The van der Waals surface area contributed by atoms with Gasteiger partial charge in [-0.3, -0.25) is 4.79 Å². The summed E-state index contributed by atoms with van der Waals surface area (Å²) < 4.78 is 10.1. The van der Waals surface area contributed by atoms with Crippen LogP contribution in [-0.4, -0.2) is 36.1 Å². The third kappa shape index (κ3) is 1.87. The van der Waals surface area contributed by atoms with Gasteiger partial charge in [0.05, 0.1) is 12.2 Å². The summed E-state index contributed by atoms with van der Waals surface area (Å²) in [7, 11) is 0. The number of aromatic hydroxyl groups is 1. The first-order valence-corrected chi connectivity index (χ1v) is 4.74. The van der Waals surface area contributed by atoms with Crippen molar-refractivity contribution in [3.8, 4) is 17.2 Å². The lowest BCUT2D eigenvalue weighted by Gasteiger charge is -2.06. The van der Waals surface area contributed by atoms with Gasteiger partial charge in [0.15, 0.2) is 11.5 Å². The van der Waals surface area contributed by atoms with Gasteiger partial charge < -0.3 is 25.0 Å². The van der Waals surface area contributed by atoms with E-state index in [2.05, 4.69) is 5.32 Å². The Morgan fingerprint density at radius 3 is 2.75 bits per heavy atom. The van der Waals surface area contributed by atoms with Crippen LogP contribution >= 0.6 is 0 Å². The van der Waals surface area contributed by atoms with E-state index in [1.165, 1.54) is 12.1 Å². The van der Waals surface area contributed by atoms with Crippen LogP contribution in [-0.2, 0) is 0 Å². The van der Waals surface area contributed by atoms with Crippen LogP contribution in [0.25, 0.3) is 0 Å². The smallest absolute Gasteiger partial charge is 0.255 e. The number of hydrogen-bond acceptors (Lipinski definition) is 5. The summed E-state index contributed by atoms with van der Waals surface area (Å²) in [6.45, 7) is 0.0558. The average molecular weight is 225 g/mol. The first-order valence-electron chi connectivity index (χ1n) is 4.74. The van der Waals surface area contributed by atoms with E-state index < -0.39 is 5.91 Å². The standard InChI is InChI=1S/C10H11NO5/c12-2-1-11-10(14)6-3-8-9(4-7(6)13)16-5-15-8/h3-4,12-13H,1-2,5H2,(H,11,14). The molecular formula is C10H11NO5. The number of carbonyl (C=O) groups excluding carboxylic acids is 1. The van der Waals surface area contributed by atoms with Crippen molar-refractivity contribution in [1.82, 2.24) is 5.32 Å². The quantitative estimate of drug-likeness (QED) is 0.665. The van der Waals surface area contributed by atoms with Crippen LogP contribution in [0.2, 0.25) is 0 Å². The molecule has 0 bridgehead atoms. The van der Waals surface area contributed by atoms with Crippen molar-refractivity contribution in [2.24, 2.45) is 0 Å². The molecule has 0 fully saturated rings. The summed E-state index contributed by atoms with van der Waals surface area (Å²) in [5.74, 6) is 0.188. The molecule has 1 aliphatic heterocycles. The number of fused-ring (bicyclic) bond motifs is 1. The van der Waals surface area contributed by atoms with Crippen molar-refractivity contribution in [1.29, 1.82) is 0 Å². The van der Waals surface area contributed by atoms with E-state index in [9.17, 15) is 9.90 Å². The molecule has 86 valence electrons. The molecule has 2 rings (SSSR count). The van der Waals surface area contributed by atoms with Gasteiger partial charge in [0.25, 0.3) is 5.91 Å². The summed E-state index contributed by atoms with van der Waals surface area (Å²) >= 11 is 0. The zero-order valence-corrected chi connectivity index (χ0v) is 8.40. The zero-order valence-electron chi connectivity index (χ0n) is 8.40. The summed E-state index contributed by atoms with van der Waals surface area (Å²) in [5.41, 5.74) is 0.0951. The topological polar surface area (TPSA) is 88.0 Å². The molecule has 1 aromatic rings. The van der Waals surface area contributed by atoms with E-state index in [1.807, 2.05) is 0 Å². The minimum Gasteiger partial charge on any atom is -0.507 e. The van der Waals surface area contributed by atoms with Crippen molar-refractivity contribution in [2.45, 2.75) is 0 Å². The largest absolute Gasteiger partial charge is 0.507 e. The highest BCUT2D eigenvalue weighted by Crippen LogP contribution is 2.37. The number of phenolic OH excluding ortho intramolecular Hbond substituents is 1. The minimum absolute atomic E-state index is 0.0798. The maximum absolute atomic E-state index is 11.5. The maximum atomic E-state index is 11.5. The number of rotatable bonds is 3. The molecule has 0 saturated heterocycles. The van der Waals surface area contributed by atoms with Crippen molar-refractivity contribution >= 4 is 5.91 Å². The van der Waals surface area contributed by atoms with Crippen LogP contribution in [0.3, 0.4) is 0 Å². The molecule has 0 aliphatic carbocycles. The van der Waals surface area contributed by atoms with Gasteiger partial charge >= 0.3 is 0 Å². The molecule has 0 radical (unpaired) electrons. The highest BCUT2D eigenvalue weighted by molar-refractivity contribution is 5.97. The normalized spacial score (nSPS) is 12.6. The number of hydrogen-bond donors (Lipinski definition) is 3. The molecule has 0 atom stereocenters. The molecule has 1 amide bonds. The van der Waals surface area contributed by atoms with E-state index in [1.54, 1.807) is 0 Å². The molecule has 0 saturated carbocycles. The summed E-state index contributed by atoms with van der Waals surface area (Å²) in [5, 5.41) is 20.6. The summed E-state index contributed by atoms with van der Waals surface area (Å²) in [6, 6.07) is 2.74. The average Bonchev–Trinajstić information content (AvgIpc) is 2.71. The fourth-order valence-corrected chi connectivity index (χ4v) is 1.38. The Balaban J connectivity index is 2.24. The van der Waals surface area contributed by atoms with Crippen molar-refractivity contribution in [3.05, 3.63) is 17.7 Å². The first-order chi connectivity index (χ1) is 7.72. The van der Waals surface area contributed by atoms with E-state index in [4.69, 9.17) is 14.6 Å². The monoisotopic (exact) mass is 225 g/mol. The van der Waals surface area contributed by atoms with Crippen LogP contribution in [0.1, 0.15) is 10.4 Å². The molecule has 3 N–H and O–H groups in total. The Kier molecular flexibility index (Phi) is 2.82. The zero-order chi connectivity index (χ0) is 11.5. The van der Waals surface area contributed by atoms with Gasteiger partial charge in [-0.15, -0.1) is 0 Å². The van der Waals surface area contributed by atoms with Crippen LogP contribution in [0.15, 0.2) is 12.1 Å². The molecule has 1 heterocycles. The van der Waals surface area contributed by atoms with Crippen molar-refractivity contribution in [3.63, 3.8) is 0 Å². The van der Waals surface area contributed by atoms with Crippen LogP contribution < -0.4 is 14.8 Å². The molecule has 1 aliphatic rings. The number of ether oxygens (including phenoxy) is 2. The molecule has 1 aromatic carbocycles. The summed E-state index contributed by atoms with van der Waals surface area (Å²) in [6.07, 6.45) is 0. The Morgan fingerprint density at radius 1 is 1.38 bits per heavy atom. The molecular weight excluding hydrogens is 214 g/mol. The van der Waals surface area contributed by atoms with E-state index in [0.717, 1.165) is 0 Å². The van der Waals surface area contributed by atoms with Crippen molar-refractivity contribution in [2.75, 3.05) is 19.9 Å². The van der Waals surface area contributed by atoms with Crippen LogP contribution in [0.5, 0.6) is 17.2 Å². The van der Waals surface area contributed by atoms with Gasteiger partial charge in [-0.1, -0.05) is 0 Å². The van der Waals surface area contributed by atoms with Gasteiger partial charge in [-0.2, -0.15) is 0 Å². The lowest BCUT2D eigenvalue weighted by molar-refractivity contribution is 0.0941. The highest BCUT2D eigenvalue weighted by atomic mass is 16.7. The molecule has 0 unspecified atom stereocenters. The van der Waals surface area contributed by atoms with E-state index in [0.29, 0.717) is 11.5 Å². The summed E-state index contributed by atoms with van der Waals surface area (Å²) in [4.78, 5) is 11.5. The predicted octanol–water partition coefficient (Wildman–Crippen LogP) is -0.157. The van der Waals surface area contributed by atoms with E-state index in [-0.39, 0.29) is 31.3 Å². The minimum atomic E-state index is -0.468. The van der Waals surface area contributed by atoms with Gasteiger partial charge in [0.1, 0.15) is 5.75 Å². The maximum Gasteiger partial charge on any atom is 0.255 e. The van der Waals surface area contributed by atoms with Crippen LogP contribution in [0, 0.1) is 0 Å². The van der Waals surface area contributed by atoms with Gasteiger partial charge in [0.2, 0.25) is 6.79 Å². The Hall–Kier alpha value is -1.95. The number of carbonyl (C=O) groups is 1. The lowest BCUT2D eigenvalue weighted by Crippen LogP contribution is -2.26. The Labute approximate surface area is 91.4 Å². The Bertz CT molecular complexity index is 418. The number of benzene rings is 1. The fourth-order valence-electron chi connectivity index (χ4n) is 1.38. The van der Waals surface area contributed by atoms with Gasteiger partial charge in [-0.25, -0.2) is 0 Å². The van der Waals surface area contributed by atoms with Crippen LogP contribution in [0.4, 0.5) is 0 Å². The second kappa shape index (κ2) is 4.28. The SMILES string of the molecule is O=C(NCCO)c1cc2c(cc1O)OCO2. The predicted molar refractivity (Wildman–Crippen MR) is 53.6 cm³/mol. The Morgan fingerprint density at radius 2 is 2.06 bits per heavy atom. The van der Waals surface area contributed by atoms with Gasteiger partial charge in [-0.05, 0) is 0 Å². The number of nitrogens with one attached hydrogen (secondary N) is 1. The first kappa shape index (κ1) is 10.6. The number of aliphatic hydroxyl groups is 1. The second-order valence-corrected chi connectivity index (χ2v) is 3.20. The number of aliphatic hydroxyl groups excluding tert-OH is 1. The second-order valence-electron chi connectivity index (χ2n) is 3.20. The molecule has 0 aromatic heterocycles. The van der Waals surface area contributed by atoms with Crippen molar-refractivity contribution < 1.29 is 24.5 Å². The fraction of sp³-hybridized carbons (Fsp3) is 0.300. The third-order valence-corrected chi connectivity index (χ3v) is 2.13. The highest BCUT2D eigenvalue weighted by Gasteiger charge is 2.20. The lowest BCUT2D eigenvalue weighted by atomic mass is 10.1. The number of phenols is 1.